The Balaban J connectivity index is 1.94. The molecule has 2 heterocycles. The van der Waals surface area contributed by atoms with E-state index in [0.29, 0.717) is 11.5 Å². The average molecular weight is 252 g/mol. The molecular formula is C13H17FN2O2. The van der Waals surface area contributed by atoms with E-state index in [4.69, 9.17) is 4.74 Å². The second-order valence-corrected chi connectivity index (χ2v) is 4.58. The number of carbonyl (C=O) groups excluding carboxylic acids is 1. The summed E-state index contributed by atoms with van der Waals surface area (Å²) >= 11 is 0. The molecule has 1 aromatic rings. The van der Waals surface area contributed by atoms with Crippen LogP contribution in [-0.4, -0.2) is 30.1 Å². The van der Waals surface area contributed by atoms with E-state index >= 15 is 0 Å². The average Bonchev–Trinajstić information content (AvgIpc) is 2.39. The summed E-state index contributed by atoms with van der Waals surface area (Å²) in [5, 5.41) is 2.90. The summed E-state index contributed by atoms with van der Waals surface area (Å²) in [5.41, 5.74) is 0.307. The maximum absolute atomic E-state index is 12.9. The summed E-state index contributed by atoms with van der Waals surface area (Å²) in [4.78, 5) is 15.3. The van der Waals surface area contributed by atoms with Crippen molar-refractivity contribution >= 4 is 5.91 Å². The molecule has 0 aliphatic carbocycles. The molecule has 1 aromatic heterocycles. The second kappa shape index (κ2) is 5.91. The zero-order chi connectivity index (χ0) is 13.0. The highest BCUT2D eigenvalue weighted by Gasteiger charge is 2.22. The quantitative estimate of drug-likeness (QED) is 0.834. The van der Waals surface area contributed by atoms with Crippen LogP contribution in [0.3, 0.4) is 0 Å². The normalized spacial score (nSPS) is 18.3. The van der Waals surface area contributed by atoms with E-state index in [1.54, 1.807) is 0 Å². The van der Waals surface area contributed by atoms with E-state index in [1.807, 2.05) is 6.92 Å². The van der Waals surface area contributed by atoms with Crippen molar-refractivity contribution in [1.29, 1.82) is 0 Å². The monoisotopic (exact) mass is 252 g/mol. The molecular weight excluding hydrogens is 235 g/mol. The maximum Gasteiger partial charge on any atom is 0.251 e. The zero-order valence-electron chi connectivity index (χ0n) is 10.4. The van der Waals surface area contributed by atoms with Gasteiger partial charge in [-0.25, -0.2) is 4.98 Å². The number of ether oxygens (including phenoxy) is 1. The Morgan fingerprint density at radius 1 is 1.56 bits per heavy atom. The van der Waals surface area contributed by atoms with Gasteiger partial charge in [0.15, 0.2) is 0 Å². The second-order valence-electron chi connectivity index (χ2n) is 4.58. The predicted molar refractivity (Wildman–Crippen MR) is 64.7 cm³/mol. The minimum absolute atomic E-state index is 0.0672. The number of rotatable bonds is 3. The fraction of sp³-hybridized carbons (Fsp3) is 0.538. The summed E-state index contributed by atoms with van der Waals surface area (Å²) < 4.78 is 18.2. The summed E-state index contributed by atoms with van der Waals surface area (Å²) in [5.74, 6) is -0.467. The molecule has 98 valence electrons. The van der Waals surface area contributed by atoms with Crippen LogP contribution in [0, 0.1) is 11.9 Å². The number of amides is 1. The lowest BCUT2D eigenvalue weighted by Crippen LogP contribution is -2.40. The molecule has 0 bridgehead atoms. The fourth-order valence-corrected chi connectivity index (χ4v) is 2.17. The predicted octanol–water partition coefficient (Wildman–Crippen LogP) is 1.77. The lowest BCUT2D eigenvalue weighted by molar-refractivity contribution is 0.0538. The van der Waals surface area contributed by atoms with E-state index < -0.39 is 5.95 Å². The molecule has 1 amide bonds. The van der Waals surface area contributed by atoms with Crippen molar-refractivity contribution in [3.05, 3.63) is 29.8 Å². The maximum atomic E-state index is 12.9. The molecule has 0 aromatic carbocycles. The number of hydrogen-bond donors (Lipinski definition) is 1. The third kappa shape index (κ3) is 3.26. The third-order valence-corrected chi connectivity index (χ3v) is 3.32. The first kappa shape index (κ1) is 13.0. The Kier molecular flexibility index (Phi) is 4.25. The highest BCUT2D eigenvalue weighted by molar-refractivity contribution is 5.94. The minimum atomic E-state index is -0.638. The van der Waals surface area contributed by atoms with E-state index in [-0.39, 0.29) is 11.9 Å². The molecule has 0 saturated carbocycles. The van der Waals surface area contributed by atoms with Gasteiger partial charge in [0.1, 0.15) is 0 Å². The molecule has 1 aliphatic rings. The largest absolute Gasteiger partial charge is 0.381 e. The smallest absolute Gasteiger partial charge is 0.251 e. The van der Waals surface area contributed by atoms with Crippen molar-refractivity contribution in [2.45, 2.75) is 25.8 Å². The van der Waals surface area contributed by atoms with Crippen molar-refractivity contribution in [3.63, 3.8) is 0 Å². The molecule has 18 heavy (non-hydrogen) atoms. The lowest BCUT2D eigenvalue weighted by Gasteiger charge is -2.28. The summed E-state index contributed by atoms with van der Waals surface area (Å²) in [6.45, 7) is 3.47. The molecule has 1 saturated heterocycles. The Labute approximate surface area is 106 Å². The van der Waals surface area contributed by atoms with Crippen LogP contribution in [-0.2, 0) is 4.74 Å². The van der Waals surface area contributed by atoms with Gasteiger partial charge in [0.25, 0.3) is 5.91 Å². The van der Waals surface area contributed by atoms with E-state index in [9.17, 15) is 9.18 Å². The molecule has 1 atom stereocenters. The van der Waals surface area contributed by atoms with Crippen LogP contribution in [0.15, 0.2) is 18.3 Å². The summed E-state index contributed by atoms with van der Waals surface area (Å²) in [7, 11) is 0. The van der Waals surface area contributed by atoms with Crippen LogP contribution < -0.4 is 5.32 Å². The number of halogens is 1. The van der Waals surface area contributed by atoms with Crippen molar-refractivity contribution < 1.29 is 13.9 Å². The molecule has 2 rings (SSSR count). The van der Waals surface area contributed by atoms with Gasteiger partial charge in [-0.2, -0.15) is 4.39 Å². The summed E-state index contributed by atoms with van der Waals surface area (Å²) in [6, 6.07) is 2.72. The standard InChI is InChI=1S/C13H17FN2O2/c1-9(10-3-6-18-7-4-10)16-13(17)11-2-5-15-12(14)8-11/h2,5,8-10H,3-4,6-7H2,1H3,(H,16,17). The molecule has 1 unspecified atom stereocenters. The molecule has 0 radical (unpaired) electrons. The van der Waals surface area contributed by atoms with E-state index in [1.165, 1.54) is 12.3 Å². The fourth-order valence-electron chi connectivity index (χ4n) is 2.17. The minimum Gasteiger partial charge on any atom is -0.381 e. The van der Waals surface area contributed by atoms with E-state index in [0.717, 1.165) is 32.1 Å². The van der Waals surface area contributed by atoms with Crippen LogP contribution in [0.4, 0.5) is 4.39 Å². The number of nitrogens with zero attached hydrogens (tertiary/aromatic N) is 1. The third-order valence-electron chi connectivity index (χ3n) is 3.32. The van der Waals surface area contributed by atoms with Gasteiger partial charge in [-0.15, -0.1) is 0 Å². The SMILES string of the molecule is CC(NC(=O)c1ccnc(F)c1)C1CCOCC1. The van der Waals surface area contributed by atoms with Crippen molar-refractivity contribution in [3.8, 4) is 0 Å². The van der Waals surface area contributed by atoms with Gasteiger partial charge in [-0.3, -0.25) is 4.79 Å². The van der Waals surface area contributed by atoms with Gasteiger partial charge < -0.3 is 10.1 Å². The Morgan fingerprint density at radius 2 is 2.28 bits per heavy atom. The zero-order valence-corrected chi connectivity index (χ0v) is 10.4. The number of aromatic nitrogens is 1. The van der Waals surface area contributed by atoms with Crippen LogP contribution in [0.5, 0.6) is 0 Å². The Hall–Kier alpha value is -1.49. The van der Waals surface area contributed by atoms with Crippen LogP contribution in [0.2, 0.25) is 0 Å². The molecule has 1 fully saturated rings. The van der Waals surface area contributed by atoms with Crippen molar-refractivity contribution in [2.24, 2.45) is 5.92 Å². The molecule has 1 N–H and O–H groups in total. The van der Waals surface area contributed by atoms with Crippen LogP contribution >= 0.6 is 0 Å². The van der Waals surface area contributed by atoms with Gasteiger partial charge in [-0.1, -0.05) is 0 Å². The number of pyridine rings is 1. The topological polar surface area (TPSA) is 51.2 Å². The first-order chi connectivity index (χ1) is 8.66. The lowest BCUT2D eigenvalue weighted by atomic mass is 9.93. The molecule has 5 heteroatoms. The van der Waals surface area contributed by atoms with Crippen LogP contribution in [0.1, 0.15) is 30.1 Å². The van der Waals surface area contributed by atoms with E-state index in [2.05, 4.69) is 10.3 Å². The Morgan fingerprint density at radius 3 is 2.94 bits per heavy atom. The first-order valence-electron chi connectivity index (χ1n) is 6.17. The number of carbonyl (C=O) groups is 1. The Bertz CT molecular complexity index is 419. The molecule has 4 nitrogen and oxygen atoms in total. The van der Waals surface area contributed by atoms with Gasteiger partial charge in [0.05, 0.1) is 0 Å². The first-order valence-corrected chi connectivity index (χ1v) is 6.17. The highest BCUT2D eigenvalue weighted by atomic mass is 19.1. The van der Waals surface area contributed by atoms with Gasteiger partial charge in [0, 0.05) is 37.1 Å². The number of nitrogens with one attached hydrogen (secondary N) is 1. The molecule has 1 aliphatic heterocycles. The summed E-state index contributed by atoms with van der Waals surface area (Å²) in [6.07, 6.45) is 3.20. The van der Waals surface area contributed by atoms with Crippen LogP contribution in [0.25, 0.3) is 0 Å². The van der Waals surface area contributed by atoms with Gasteiger partial charge in [-0.05, 0) is 31.7 Å². The van der Waals surface area contributed by atoms with Crippen molar-refractivity contribution in [1.82, 2.24) is 10.3 Å². The van der Waals surface area contributed by atoms with Gasteiger partial charge >= 0.3 is 0 Å². The van der Waals surface area contributed by atoms with Crippen molar-refractivity contribution in [2.75, 3.05) is 13.2 Å². The number of hydrogen-bond acceptors (Lipinski definition) is 3. The molecule has 0 spiro atoms. The highest BCUT2D eigenvalue weighted by Crippen LogP contribution is 2.18. The van der Waals surface area contributed by atoms with Gasteiger partial charge in [0.2, 0.25) is 5.95 Å².